The first-order chi connectivity index (χ1) is 9.11. The Morgan fingerprint density at radius 2 is 2.21 bits per heavy atom. The Bertz CT molecular complexity index is 720. The van der Waals surface area contributed by atoms with Gasteiger partial charge < -0.3 is 5.32 Å². The topological polar surface area (TPSA) is 55.1 Å². The lowest BCUT2D eigenvalue weighted by molar-refractivity contribution is 0.838. The van der Waals surface area contributed by atoms with Gasteiger partial charge in [0, 0.05) is 17.3 Å². The lowest BCUT2D eigenvalue weighted by Gasteiger charge is -2.08. The van der Waals surface area contributed by atoms with E-state index in [-0.39, 0.29) is 6.04 Å². The average molecular weight is 294 g/mol. The lowest BCUT2D eigenvalue weighted by Crippen LogP contribution is -2.07. The molecular weight excluding hydrogens is 282 g/mol. The summed E-state index contributed by atoms with van der Waals surface area (Å²) in [6, 6.07) is 3.70. The summed E-state index contributed by atoms with van der Waals surface area (Å²) in [5.41, 5.74) is 1.79. The fraction of sp³-hybridized carbons (Fsp3) is 0.250. The van der Waals surface area contributed by atoms with E-state index in [1.807, 2.05) is 25.3 Å². The summed E-state index contributed by atoms with van der Waals surface area (Å²) < 4.78 is 1.66. The second kappa shape index (κ2) is 4.79. The van der Waals surface area contributed by atoms with Crippen LogP contribution in [0.25, 0.3) is 5.65 Å². The highest BCUT2D eigenvalue weighted by molar-refractivity contribution is 7.09. The Kier molecular flexibility index (Phi) is 3.12. The number of aryl methyl sites for hydroxylation is 1. The second-order valence-electron chi connectivity index (χ2n) is 4.28. The molecule has 3 aromatic rings. The van der Waals surface area contributed by atoms with Gasteiger partial charge in [-0.1, -0.05) is 11.6 Å². The van der Waals surface area contributed by atoms with Crippen LogP contribution in [0.15, 0.2) is 23.7 Å². The van der Waals surface area contributed by atoms with Crippen molar-refractivity contribution in [1.82, 2.24) is 19.6 Å². The van der Waals surface area contributed by atoms with E-state index in [1.165, 1.54) is 0 Å². The summed E-state index contributed by atoms with van der Waals surface area (Å²) in [6.07, 6.45) is 1.73. The number of hydrogen-bond acceptors (Lipinski definition) is 5. The van der Waals surface area contributed by atoms with E-state index >= 15 is 0 Å². The minimum Gasteiger partial charge on any atom is -0.344 e. The second-order valence-corrected chi connectivity index (χ2v) is 5.60. The van der Waals surface area contributed by atoms with Crippen LogP contribution in [-0.4, -0.2) is 19.6 Å². The zero-order valence-electron chi connectivity index (χ0n) is 10.5. The molecule has 3 aromatic heterocycles. The number of nitrogens with zero attached hydrogens (tertiary/aromatic N) is 4. The largest absolute Gasteiger partial charge is 0.344 e. The lowest BCUT2D eigenvalue weighted by atomic mass is 10.3. The quantitative estimate of drug-likeness (QED) is 0.805. The van der Waals surface area contributed by atoms with Gasteiger partial charge in [-0.25, -0.2) is 9.50 Å². The average Bonchev–Trinajstić information content (AvgIpc) is 2.94. The van der Waals surface area contributed by atoms with Gasteiger partial charge in [-0.15, -0.1) is 16.4 Å². The molecule has 19 heavy (non-hydrogen) atoms. The molecule has 0 fully saturated rings. The standard InChI is InChI=1S/C12H12ClN5S/c1-7-6-19-11(14-7)8(2)15-12-16-10-4-3-9(13)5-18(10)17-12/h3-6,8H,1-2H3,(H,15,17). The van der Waals surface area contributed by atoms with Gasteiger partial charge in [0.1, 0.15) is 5.01 Å². The summed E-state index contributed by atoms with van der Waals surface area (Å²) in [7, 11) is 0. The fourth-order valence-corrected chi connectivity index (χ4v) is 2.70. The van der Waals surface area contributed by atoms with Crippen molar-refractivity contribution in [1.29, 1.82) is 0 Å². The van der Waals surface area contributed by atoms with Crippen LogP contribution in [0.4, 0.5) is 5.95 Å². The SMILES string of the molecule is Cc1csc(C(C)Nc2nc3ccc(Cl)cn3n2)n1. The molecule has 0 bridgehead atoms. The third-order valence-corrected chi connectivity index (χ3v) is 4.02. The van der Waals surface area contributed by atoms with Crippen molar-refractivity contribution in [2.24, 2.45) is 0 Å². The Morgan fingerprint density at radius 3 is 2.95 bits per heavy atom. The van der Waals surface area contributed by atoms with E-state index in [0.717, 1.165) is 16.3 Å². The third kappa shape index (κ3) is 2.54. The van der Waals surface area contributed by atoms with Crippen LogP contribution in [0.1, 0.15) is 23.7 Å². The summed E-state index contributed by atoms with van der Waals surface area (Å²) in [5, 5.41) is 11.3. The monoisotopic (exact) mass is 293 g/mol. The Hall–Kier alpha value is -1.66. The molecule has 0 aromatic carbocycles. The highest BCUT2D eigenvalue weighted by Crippen LogP contribution is 2.21. The molecule has 7 heteroatoms. The van der Waals surface area contributed by atoms with Gasteiger partial charge in [0.15, 0.2) is 5.65 Å². The summed E-state index contributed by atoms with van der Waals surface area (Å²) >= 11 is 7.54. The number of halogens is 1. The molecule has 0 aliphatic rings. The molecule has 0 aliphatic carbocycles. The fourth-order valence-electron chi connectivity index (χ4n) is 1.75. The van der Waals surface area contributed by atoms with Crippen molar-refractivity contribution < 1.29 is 0 Å². The number of pyridine rings is 1. The highest BCUT2D eigenvalue weighted by atomic mass is 35.5. The summed E-state index contributed by atoms with van der Waals surface area (Å²) in [6.45, 7) is 4.02. The molecule has 0 saturated heterocycles. The molecular formula is C12H12ClN5S. The Balaban J connectivity index is 1.85. The number of hydrogen-bond donors (Lipinski definition) is 1. The van der Waals surface area contributed by atoms with E-state index in [9.17, 15) is 0 Å². The predicted molar refractivity (Wildman–Crippen MR) is 76.9 cm³/mol. The first kappa shape index (κ1) is 12.4. The number of nitrogens with one attached hydrogen (secondary N) is 1. The number of rotatable bonds is 3. The van der Waals surface area contributed by atoms with E-state index in [0.29, 0.717) is 11.0 Å². The molecule has 98 valence electrons. The van der Waals surface area contributed by atoms with Crippen LogP contribution in [0.5, 0.6) is 0 Å². The van der Waals surface area contributed by atoms with E-state index in [1.54, 1.807) is 28.1 Å². The molecule has 5 nitrogen and oxygen atoms in total. The van der Waals surface area contributed by atoms with Gasteiger partial charge in [-0.2, -0.15) is 4.98 Å². The summed E-state index contributed by atoms with van der Waals surface area (Å²) in [4.78, 5) is 8.83. The molecule has 3 heterocycles. The van der Waals surface area contributed by atoms with Crippen molar-refractivity contribution in [3.8, 4) is 0 Å². The molecule has 0 spiro atoms. The van der Waals surface area contributed by atoms with Crippen molar-refractivity contribution in [2.45, 2.75) is 19.9 Å². The highest BCUT2D eigenvalue weighted by Gasteiger charge is 2.12. The van der Waals surface area contributed by atoms with Gasteiger partial charge in [0.05, 0.1) is 11.1 Å². The number of anilines is 1. The number of thiazole rings is 1. The van der Waals surface area contributed by atoms with Gasteiger partial charge >= 0.3 is 0 Å². The van der Waals surface area contributed by atoms with E-state index < -0.39 is 0 Å². The molecule has 1 N–H and O–H groups in total. The molecule has 3 rings (SSSR count). The third-order valence-electron chi connectivity index (χ3n) is 2.65. The Labute approximate surface area is 119 Å². The molecule has 0 amide bonds. The molecule has 0 radical (unpaired) electrons. The zero-order valence-corrected chi connectivity index (χ0v) is 12.0. The van der Waals surface area contributed by atoms with Crippen LogP contribution in [0, 0.1) is 6.92 Å². The normalized spacial score (nSPS) is 12.8. The maximum atomic E-state index is 5.91. The van der Waals surface area contributed by atoms with Crippen LogP contribution >= 0.6 is 22.9 Å². The Morgan fingerprint density at radius 1 is 1.37 bits per heavy atom. The van der Waals surface area contributed by atoms with Crippen LogP contribution in [0.2, 0.25) is 5.02 Å². The molecule has 0 aliphatic heterocycles. The molecule has 0 saturated carbocycles. The first-order valence-electron chi connectivity index (χ1n) is 5.82. The maximum absolute atomic E-state index is 5.91. The van der Waals surface area contributed by atoms with Crippen molar-refractivity contribution in [2.75, 3.05) is 5.32 Å². The first-order valence-corrected chi connectivity index (χ1v) is 7.08. The maximum Gasteiger partial charge on any atom is 0.243 e. The van der Waals surface area contributed by atoms with Gasteiger partial charge in [-0.05, 0) is 26.0 Å². The van der Waals surface area contributed by atoms with Crippen molar-refractivity contribution in [3.63, 3.8) is 0 Å². The predicted octanol–water partition coefficient (Wildman–Crippen LogP) is 3.32. The van der Waals surface area contributed by atoms with Crippen LogP contribution in [-0.2, 0) is 0 Å². The van der Waals surface area contributed by atoms with Gasteiger partial charge in [-0.3, -0.25) is 0 Å². The smallest absolute Gasteiger partial charge is 0.243 e. The molecule has 1 unspecified atom stereocenters. The van der Waals surface area contributed by atoms with E-state index in [2.05, 4.69) is 20.4 Å². The van der Waals surface area contributed by atoms with Crippen LogP contribution < -0.4 is 5.32 Å². The minimum atomic E-state index is 0.0755. The summed E-state index contributed by atoms with van der Waals surface area (Å²) in [5.74, 6) is 0.572. The van der Waals surface area contributed by atoms with Crippen molar-refractivity contribution in [3.05, 3.63) is 39.4 Å². The van der Waals surface area contributed by atoms with E-state index in [4.69, 9.17) is 11.6 Å². The van der Waals surface area contributed by atoms with Gasteiger partial charge in [0.2, 0.25) is 5.95 Å². The molecule has 1 atom stereocenters. The van der Waals surface area contributed by atoms with Crippen molar-refractivity contribution >= 4 is 34.5 Å². The van der Waals surface area contributed by atoms with Crippen LogP contribution in [0.3, 0.4) is 0 Å². The number of aromatic nitrogens is 4. The number of fused-ring (bicyclic) bond motifs is 1. The minimum absolute atomic E-state index is 0.0755. The van der Waals surface area contributed by atoms with Gasteiger partial charge in [0.25, 0.3) is 0 Å². The zero-order chi connectivity index (χ0) is 13.4.